The summed E-state index contributed by atoms with van der Waals surface area (Å²) in [6.07, 6.45) is 4.86. The number of hydrogen-bond acceptors (Lipinski definition) is 3. The first-order valence-electron chi connectivity index (χ1n) is 10.9. The summed E-state index contributed by atoms with van der Waals surface area (Å²) in [5.41, 5.74) is 5.04. The van der Waals surface area contributed by atoms with Gasteiger partial charge in [0, 0.05) is 28.2 Å². The van der Waals surface area contributed by atoms with Gasteiger partial charge in [0.25, 0.3) is 5.91 Å². The van der Waals surface area contributed by atoms with Gasteiger partial charge in [-0.1, -0.05) is 30.3 Å². The zero-order valence-corrected chi connectivity index (χ0v) is 17.6. The fraction of sp³-hybridized carbons (Fsp3) is 0.280. The summed E-state index contributed by atoms with van der Waals surface area (Å²) in [5, 5.41) is 8.84. The van der Waals surface area contributed by atoms with Crippen molar-refractivity contribution < 1.29 is 9.53 Å². The zero-order chi connectivity index (χ0) is 21.2. The van der Waals surface area contributed by atoms with Gasteiger partial charge in [-0.3, -0.25) is 9.48 Å². The molecule has 2 aromatic heterocycles. The lowest BCUT2D eigenvalue weighted by Crippen LogP contribution is -2.31. The predicted octanol–water partition coefficient (Wildman–Crippen LogP) is 4.62. The lowest BCUT2D eigenvalue weighted by Gasteiger charge is -2.24. The fourth-order valence-corrected chi connectivity index (χ4v) is 4.38. The van der Waals surface area contributed by atoms with Crippen LogP contribution in [-0.2, 0) is 13.0 Å². The second-order valence-corrected chi connectivity index (χ2v) is 7.97. The SMILES string of the molecule is CCOc1ccc2cc(C(=O)NC3CCCc4c3cnn4Cc3ccccc3)[nH]c2c1. The van der Waals surface area contributed by atoms with E-state index in [0.29, 0.717) is 12.3 Å². The molecule has 5 rings (SSSR count). The van der Waals surface area contributed by atoms with E-state index in [9.17, 15) is 4.79 Å². The number of nitrogens with one attached hydrogen (secondary N) is 2. The Kier molecular flexibility index (Phi) is 5.20. The van der Waals surface area contributed by atoms with Crippen molar-refractivity contribution in [3.8, 4) is 5.75 Å². The Labute approximate surface area is 181 Å². The van der Waals surface area contributed by atoms with Crippen molar-refractivity contribution in [1.29, 1.82) is 0 Å². The topological polar surface area (TPSA) is 71.9 Å². The van der Waals surface area contributed by atoms with Crippen molar-refractivity contribution in [2.45, 2.75) is 38.8 Å². The highest BCUT2D eigenvalue weighted by Crippen LogP contribution is 2.30. The largest absolute Gasteiger partial charge is 0.494 e. The lowest BCUT2D eigenvalue weighted by molar-refractivity contribution is 0.0928. The van der Waals surface area contributed by atoms with Crippen molar-refractivity contribution in [3.05, 3.63) is 83.3 Å². The van der Waals surface area contributed by atoms with E-state index in [1.54, 1.807) is 0 Å². The van der Waals surface area contributed by atoms with E-state index >= 15 is 0 Å². The number of nitrogens with zero attached hydrogens (tertiary/aromatic N) is 2. The van der Waals surface area contributed by atoms with Gasteiger partial charge in [-0.15, -0.1) is 0 Å². The number of ether oxygens (including phenoxy) is 1. The maximum absolute atomic E-state index is 13.0. The highest BCUT2D eigenvalue weighted by atomic mass is 16.5. The molecule has 1 unspecified atom stereocenters. The van der Waals surface area contributed by atoms with Crippen LogP contribution in [0.5, 0.6) is 5.75 Å². The number of benzene rings is 2. The second-order valence-electron chi connectivity index (χ2n) is 7.97. The number of fused-ring (bicyclic) bond motifs is 2. The normalized spacial score (nSPS) is 15.6. The van der Waals surface area contributed by atoms with Gasteiger partial charge in [0.1, 0.15) is 11.4 Å². The molecule has 0 saturated heterocycles. The van der Waals surface area contributed by atoms with Crippen LogP contribution in [0.2, 0.25) is 0 Å². The van der Waals surface area contributed by atoms with Crippen LogP contribution in [0.1, 0.15) is 53.1 Å². The van der Waals surface area contributed by atoms with Crippen molar-refractivity contribution in [2.75, 3.05) is 6.61 Å². The van der Waals surface area contributed by atoms with Gasteiger partial charge in [-0.25, -0.2) is 0 Å². The molecular weight excluding hydrogens is 388 g/mol. The molecule has 2 N–H and O–H groups in total. The Hall–Kier alpha value is -3.54. The van der Waals surface area contributed by atoms with Crippen LogP contribution in [-0.4, -0.2) is 27.3 Å². The summed E-state index contributed by atoms with van der Waals surface area (Å²) in [7, 11) is 0. The van der Waals surface area contributed by atoms with E-state index in [4.69, 9.17) is 4.74 Å². The van der Waals surface area contributed by atoms with Gasteiger partial charge >= 0.3 is 0 Å². The molecule has 0 fully saturated rings. The molecule has 2 heterocycles. The number of hydrogen-bond donors (Lipinski definition) is 2. The summed E-state index contributed by atoms with van der Waals surface area (Å²) in [4.78, 5) is 16.2. The molecule has 1 aliphatic carbocycles. The van der Waals surface area contributed by atoms with Crippen LogP contribution in [0.3, 0.4) is 0 Å². The smallest absolute Gasteiger partial charge is 0.268 e. The number of H-pyrrole nitrogens is 1. The number of rotatable bonds is 6. The number of aromatic nitrogens is 3. The summed E-state index contributed by atoms with van der Waals surface area (Å²) in [6.45, 7) is 3.32. The zero-order valence-electron chi connectivity index (χ0n) is 17.6. The summed E-state index contributed by atoms with van der Waals surface area (Å²) >= 11 is 0. The fourth-order valence-electron chi connectivity index (χ4n) is 4.38. The van der Waals surface area contributed by atoms with Crippen molar-refractivity contribution in [1.82, 2.24) is 20.1 Å². The van der Waals surface area contributed by atoms with Crippen LogP contribution in [0.4, 0.5) is 0 Å². The van der Waals surface area contributed by atoms with E-state index in [-0.39, 0.29) is 11.9 Å². The van der Waals surface area contributed by atoms with Crippen LogP contribution in [0.15, 0.2) is 60.8 Å². The minimum absolute atomic E-state index is 0.0221. The van der Waals surface area contributed by atoms with Gasteiger partial charge in [-0.2, -0.15) is 5.10 Å². The minimum atomic E-state index is -0.0946. The highest BCUT2D eigenvalue weighted by Gasteiger charge is 2.26. The number of carbonyl (C=O) groups excluding carboxylic acids is 1. The molecule has 1 atom stereocenters. The molecule has 0 aliphatic heterocycles. The Morgan fingerprint density at radius 1 is 1.23 bits per heavy atom. The lowest BCUT2D eigenvalue weighted by atomic mass is 9.92. The van der Waals surface area contributed by atoms with Gasteiger partial charge < -0.3 is 15.0 Å². The second kappa shape index (κ2) is 8.30. The molecule has 31 heavy (non-hydrogen) atoms. The molecule has 6 heteroatoms. The van der Waals surface area contributed by atoms with E-state index in [1.165, 1.54) is 11.3 Å². The number of amides is 1. The Bertz CT molecular complexity index is 1210. The molecule has 0 radical (unpaired) electrons. The van der Waals surface area contributed by atoms with Crippen LogP contribution in [0.25, 0.3) is 10.9 Å². The summed E-state index contributed by atoms with van der Waals surface area (Å²) < 4.78 is 7.63. The molecule has 4 aromatic rings. The molecule has 0 saturated carbocycles. The Morgan fingerprint density at radius 3 is 2.94 bits per heavy atom. The quantitative estimate of drug-likeness (QED) is 0.484. The molecule has 2 aromatic carbocycles. The van der Waals surface area contributed by atoms with E-state index in [2.05, 4.69) is 32.2 Å². The molecule has 158 valence electrons. The monoisotopic (exact) mass is 414 g/mol. The van der Waals surface area contributed by atoms with Crippen LogP contribution >= 0.6 is 0 Å². The van der Waals surface area contributed by atoms with Crippen LogP contribution < -0.4 is 10.1 Å². The summed E-state index contributed by atoms with van der Waals surface area (Å²) in [5.74, 6) is 0.703. The van der Waals surface area contributed by atoms with Gasteiger partial charge in [0.05, 0.1) is 25.4 Å². The standard InChI is InChI=1S/C25H26N4O2/c1-2-31-19-12-11-18-13-23(27-22(18)14-19)25(30)28-21-9-6-10-24-20(21)15-26-29(24)16-17-7-4-3-5-8-17/h3-5,7-8,11-15,21,27H,2,6,9-10,16H2,1H3,(H,28,30). The maximum atomic E-state index is 13.0. The molecule has 1 aliphatic rings. The Balaban J connectivity index is 1.34. The minimum Gasteiger partial charge on any atom is -0.494 e. The molecule has 0 spiro atoms. The molecule has 0 bridgehead atoms. The van der Waals surface area contributed by atoms with Gasteiger partial charge in [-0.05, 0) is 49.9 Å². The van der Waals surface area contributed by atoms with Crippen LogP contribution in [0, 0.1) is 0 Å². The summed E-state index contributed by atoms with van der Waals surface area (Å²) in [6, 6.07) is 18.0. The predicted molar refractivity (Wildman–Crippen MR) is 120 cm³/mol. The van der Waals surface area contributed by atoms with Gasteiger partial charge in [0.15, 0.2) is 0 Å². The molecular formula is C25H26N4O2. The van der Waals surface area contributed by atoms with Crippen molar-refractivity contribution in [3.63, 3.8) is 0 Å². The van der Waals surface area contributed by atoms with E-state index in [0.717, 1.165) is 48.0 Å². The maximum Gasteiger partial charge on any atom is 0.268 e. The average Bonchev–Trinajstić information content (AvgIpc) is 3.39. The van der Waals surface area contributed by atoms with E-state index in [1.807, 2.05) is 55.6 Å². The highest BCUT2D eigenvalue weighted by molar-refractivity contribution is 5.98. The first-order chi connectivity index (χ1) is 15.2. The van der Waals surface area contributed by atoms with Crippen molar-refractivity contribution >= 4 is 16.8 Å². The Morgan fingerprint density at radius 2 is 2.10 bits per heavy atom. The third kappa shape index (κ3) is 3.93. The van der Waals surface area contributed by atoms with E-state index < -0.39 is 0 Å². The van der Waals surface area contributed by atoms with Gasteiger partial charge in [0.2, 0.25) is 0 Å². The molecule has 1 amide bonds. The first-order valence-corrected chi connectivity index (χ1v) is 10.9. The average molecular weight is 415 g/mol. The first kappa shape index (κ1) is 19.4. The molecule has 6 nitrogen and oxygen atoms in total. The third-order valence-electron chi connectivity index (χ3n) is 5.89. The third-order valence-corrected chi connectivity index (χ3v) is 5.89. The number of aromatic amines is 1. The van der Waals surface area contributed by atoms with Crippen molar-refractivity contribution in [2.24, 2.45) is 0 Å². The number of carbonyl (C=O) groups is 1.